The molecule has 13 heavy (non-hydrogen) atoms. The smallest absolute Gasteiger partial charge is 0.0697 e. The fraction of sp³-hybridized carbons (Fsp3) is 1.00. The Morgan fingerprint density at radius 3 is 2.77 bits per heavy atom. The SMILES string of the molecule is CCC(C)CNCCCOCCO. The van der Waals surface area contributed by atoms with E-state index in [1.54, 1.807) is 0 Å². The molecule has 0 aromatic carbocycles. The number of nitrogens with one attached hydrogen (secondary N) is 1. The van der Waals surface area contributed by atoms with Gasteiger partial charge in [0.25, 0.3) is 0 Å². The van der Waals surface area contributed by atoms with Gasteiger partial charge in [-0.3, -0.25) is 0 Å². The number of aliphatic hydroxyl groups is 1. The van der Waals surface area contributed by atoms with Gasteiger partial charge in [-0.15, -0.1) is 0 Å². The average Bonchev–Trinajstić information content (AvgIpc) is 2.16. The molecule has 0 aliphatic rings. The largest absolute Gasteiger partial charge is 0.394 e. The van der Waals surface area contributed by atoms with Crippen molar-refractivity contribution in [3.8, 4) is 0 Å². The summed E-state index contributed by atoms with van der Waals surface area (Å²) in [5.41, 5.74) is 0. The van der Waals surface area contributed by atoms with Gasteiger partial charge in [-0.1, -0.05) is 20.3 Å². The zero-order valence-corrected chi connectivity index (χ0v) is 8.88. The summed E-state index contributed by atoms with van der Waals surface area (Å²) in [7, 11) is 0. The third kappa shape index (κ3) is 9.80. The Kier molecular flexibility index (Phi) is 9.87. The molecule has 0 saturated carbocycles. The van der Waals surface area contributed by atoms with Crippen LogP contribution in [0.15, 0.2) is 0 Å². The summed E-state index contributed by atoms with van der Waals surface area (Å²) in [4.78, 5) is 0. The molecule has 80 valence electrons. The first-order chi connectivity index (χ1) is 6.31. The van der Waals surface area contributed by atoms with E-state index in [1.807, 2.05) is 0 Å². The second kappa shape index (κ2) is 9.96. The van der Waals surface area contributed by atoms with E-state index in [-0.39, 0.29) is 6.61 Å². The van der Waals surface area contributed by atoms with Crippen molar-refractivity contribution in [3.63, 3.8) is 0 Å². The Bertz CT molecular complexity index is 98.9. The predicted octanol–water partition coefficient (Wildman–Crippen LogP) is 1.02. The second-order valence-electron chi connectivity index (χ2n) is 3.41. The maximum absolute atomic E-state index is 8.43. The summed E-state index contributed by atoms with van der Waals surface area (Å²) in [6, 6.07) is 0. The second-order valence-corrected chi connectivity index (χ2v) is 3.41. The molecule has 0 aliphatic heterocycles. The van der Waals surface area contributed by atoms with Crippen molar-refractivity contribution >= 4 is 0 Å². The van der Waals surface area contributed by atoms with Crippen molar-refractivity contribution in [2.45, 2.75) is 26.7 Å². The molecular formula is C10H23NO2. The normalized spacial score (nSPS) is 13.2. The van der Waals surface area contributed by atoms with Crippen LogP contribution in [-0.2, 0) is 4.74 Å². The van der Waals surface area contributed by atoms with Crippen LogP contribution in [0.4, 0.5) is 0 Å². The van der Waals surface area contributed by atoms with Gasteiger partial charge in [-0.05, 0) is 25.4 Å². The van der Waals surface area contributed by atoms with Crippen LogP contribution in [0.3, 0.4) is 0 Å². The Morgan fingerprint density at radius 2 is 2.15 bits per heavy atom. The summed E-state index contributed by atoms with van der Waals surface area (Å²) in [5.74, 6) is 0.762. The highest BCUT2D eigenvalue weighted by Gasteiger charge is 1.96. The van der Waals surface area contributed by atoms with E-state index in [2.05, 4.69) is 19.2 Å². The van der Waals surface area contributed by atoms with Gasteiger partial charge >= 0.3 is 0 Å². The molecule has 0 spiro atoms. The first-order valence-electron chi connectivity index (χ1n) is 5.20. The van der Waals surface area contributed by atoms with Crippen molar-refractivity contribution in [2.24, 2.45) is 5.92 Å². The van der Waals surface area contributed by atoms with Crippen LogP contribution in [0.25, 0.3) is 0 Å². The lowest BCUT2D eigenvalue weighted by molar-refractivity contribution is 0.0906. The third-order valence-electron chi connectivity index (χ3n) is 2.07. The van der Waals surface area contributed by atoms with Crippen LogP contribution in [-0.4, -0.2) is 38.0 Å². The number of hydrogen-bond acceptors (Lipinski definition) is 3. The van der Waals surface area contributed by atoms with Crippen molar-refractivity contribution in [1.82, 2.24) is 5.32 Å². The minimum atomic E-state index is 0.125. The number of ether oxygens (including phenoxy) is 1. The molecule has 3 heteroatoms. The van der Waals surface area contributed by atoms with E-state index in [0.717, 1.165) is 32.0 Å². The molecule has 0 aromatic heterocycles. The van der Waals surface area contributed by atoms with Gasteiger partial charge < -0.3 is 15.2 Å². The minimum Gasteiger partial charge on any atom is -0.394 e. The summed E-state index contributed by atoms with van der Waals surface area (Å²) < 4.78 is 5.13. The molecule has 0 aliphatic carbocycles. The quantitative estimate of drug-likeness (QED) is 0.532. The molecule has 3 nitrogen and oxygen atoms in total. The van der Waals surface area contributed by atoms with Gasteiger partial charge in [0, 0.05) is 6.61 Å². The Balaban J connectivity index is 2.91. The van der Waals surface area contributed by atoms with E-state index >= 15 is 0 Å². The van der Waals surface area contributed by atoms with Crippen LogP contribution in [0, 0.1) is 5.92 Å². The van der Waals surface area contributed by atoms with E-state index in [1.165, 1.54) is 6.42 Å². The van der Waals surface area contributed by atoms with Crippen molar-refractivity contribution in [1.29, 1.82) is 0 Å². The molecule has 0 saturated heterocycles. The molecule has 2 N–H and O–H groups in total. The van der Waals surface area contributed by atoms with Crippen LogP contribution in [0.2, 0.25) is 0 Å². The lowest BCUT2D eigenvalue weighted by Gasteiger charge is -2.09. The molecule has 0 fully saturated rings. The molecule has 0 bridgehead atoms. The number of rotatable bonds is 9. The molecule has 0 aromatic rings. The van der Waals surface area contributed by atoms with Crippen molar-refractivity contribution in [2.75, 3.05) is 32.9 Å². The van der Waals surface area contributed by atoms with Gasteiger partial charge in [0.1, 0.15) is 0 Å². The first-order valence-corrected chi connectivity index (χ1v) is 5.20. The Labute approximate surface area is 81.5 Å². The highest BCUT2D eigenvalue weighted by atomic mass is 16.5. The molecule has 1 unspecified atom stereocenters. The topological polar surface area (TPSA) is 41.5 Å². The van der Waals surface area contributed by atoms with Gasteiger partial charge in [0.15, 0.2) is 0 Å². The van der Waals surface area contributed by atoms with Crippen LogP contribution in [0.1, 0.15) is 26.7 Å². The van der Waals surface area contributed by atoms with E-state index < -0.39 is 0 Å². The van der Waals surface area contributed by atoms with Gasteiger partial charge in [-0.2, -0.15) is 0 Å². The van der Waals surface area contributed by atoms with E-state index in [0.29, 0.717) is 6.61 Å². The minimum absolute atomic E-state index is 0.125. The summed E-state index contributed by atoms with van der Waals surface area (Å²) >= 11 is 0. The fourth-order valence-electron chi connectivity index (χ4n) is 0.959. The van der Waals surface area contributed by atoms with Crippen LogP contribution < -0.4 is 5.32 Å². The molecule has 0 radical (unpaired) electrons. The predicted molar refractivity (Wildman–Crippen MR) is 54.8 cm³/mol. The summed E-state index contributed by atoms with van der Waals surface area (Å²) in [5, 5.41) is 11.8. The summed E-state index contributed by atoms with van der Waals surface area (Å²) in [6.07, 6.45) is 2.25. The zero-order chi connectivity index (χ0) is 9.94. The highest BCUT2D eigenvalue weighted by Crippen LogP contribution is 1.96. The first kappa shape index (κ1) is 12.9. The lowest BCUT2D eigenvalue weighted by atomic mass is 10.1. The number of hydrogen-bond donors (Lipinski definition) is 2. The maximum Gasteiger partial charge on any atom is 0.0697 e. The molecule has 0 amide bonds. The molecular weight excluding hydrogens is 166 g/mol. The van der Waals surface area contributed by atoms with Crippen LogP contribution in [0.5, 0.6) is 0 Å². The van der Waals surface area contributed by atoms with Crippen LogP contribution >= 0.6 is 0 Å². The van der Waals surface area contributed by atoms with E-state index in [9.17, 15) is 0 Å². The van der Waals surface area contributed by atoms with Crippen molar-refractivity contribution in [3.05, 3.63) is 0 Å². The third-order valence-corrected chi connectivity index (χ3v) is 2.07. The Morgan fingerprint density at radius 1 is 1.38 bits per heavy atom. The monoisotopic (exact) mass is 189 g/mol. The molecule has 0 heterocycles. The maximum atomic E-state index is 8.43. The Hall–Kier alpha value is -0.120. The average molecular weight is 189 g/mol. The standard InChI is InChI=1S/C10H23NO2/c1-3-10(2)9-11-5-4-7-13-8-6-12/h10-12H,3-9H2,1-2H3. The summed E-state index contributed by atoms with van der Waals surface area (Å²) in [6.45, 7) is 7.89. The molecule has 1 atom stereocenters. The highest BCUT2D eigenvalue weighted by molar-refractivity contribution is 4.54. The fourth-order valence-corrected chi connectivity index (χ4v) is 0.959. The molecule has 0 rings (SSSR count). The van der Waals surface area contributed by atoms with E-state index in [4.69, 9.17) is 9.84 Å². The number of aliphatic hydroxyl groups excluding tert-OH is 1. The van der Waals surface area contributed by atoms with Gasteiger partial charge in [0.05, 0.1) is 13.2 Å². The van der Waals surface area contributed by atoms with Crippen molar-refractivity contribution < 1.29 is 9.84 Å². The van der Waals surface area contributed by atoms with Gasteiger partial charge in [-0.25, -0.2) is 0 Å². The zero-order valence-electron chi connectivity index (χ0n) is 8.88. The van der Waals surface area contributed by atoms with Gasteiger partial charge in [0.2, 0.25) is 0 Å². The lowest BCUT2D eigenvalue weighted by Crippen LogP contribution is -2.22.